The lowest BCUT2D eigenvalue weighted by Gasteiger charge is -2.51. The van der Waals surface area contributed by atoms with Gasteiger partial charge >= 0.3 is 5.97 Å². The molecule has 2 saturated carbocycles. The summed E-state index contributed by atoms with van der Waals surface area (Å²) < 4.78 is 12.0. The van der Waals surface area contributed by atoms with Crippen molar-refractivity contribution in [3.63, 3.8) is 0 Å². The first-order chi connectivity index (χ1) is 15.3. The molecule has 2 aliphatic carbocycles. The number of epoxide rings is 1. The molecule has 5 nitrogen and oxygen atoms in total. The second kappa shape index (κ2) is 7.43. The van der Waals surface area contributed by atoms with Crippen LogP contribution in [0, 0.1) is 23.2 Å². The lowest BCUT2D eigenvalue weighted by molar-refractivity contribution is -0.147. The summed E-state index contributed by atoms with van der Waals surface area (Å²) in [5.74, 6) is 0.797. The van der Waals surface area contributed by atoms with Crippen molar-refractivity contribution in [2.45, 2.75) is 69.2 Å². The summed E-state index contributed by atoms with van der Waals surface area (Å²) in [5.41, 5.74) is 0.449. The van der Waals surface area contributed by atoms with E-state index in [0.717, 1.165) is 44.6 Å². The van der Waals surface area contributed by atoms with Gasteiger partial charge in [-0.25, -0.2) is 0 Å². The zero-order chi connectivity index (χ0) is 22.1. The minimum atomic E-state index is -0.815. The van der Waals surface area contributed by atoms with Crippen LogP contribution in [-0.4, -0.2) is 53.9 Å². The summed E-state index contributed by atoms with van der Waals surface area (Å²) >= 11 is 6.02. The number of ether oxygens (including phenoxy) is 2. The Morgan fingerprint density at radius 2 is 1.88 bits per heavy atom. The van der Waals surface area contributed by atoms with E-state index in [4.69, 9.17) is 21.1 Å². The van der Waals surface area contributed by atoms with Crippen LogP contribution in [0.5, 0.6) is 0 Å². The molecule has 6 heteroatoms. The number of likely N-dealkylation sites (tertiary alicyclic amines) is 1. The van der Waals surface area contributed by atoms with Crippen LogP contribution in [0.25, 0.3) is 0 Å². The molecule has 32 heavy (non-hydrogen) atoms. The fourth-order valence-electron chi connectivity index (χ4n) is 7.60. The standard InChI is InChI=1S/C26H34ClNO4/c1-24-7-2-8-26(16-31-26)22(24)13-19-20(23(29)32-21(19)14-24)15-28-11-9-25(30,10-12-28)17-3-5-18(27)6-4-17/h3-6,19-22,30H,2,7-16H2,1H3/t19-,20+,21-,22-,24-,26+/m1/s1. The summed E-state index contributed by atoms with van der Waals surface area (Å²) in [6.45, 7) is 5.62. The molecule has 0 amide bonds. The number of nitrogens with zero attached hydrogens (tertiary/aromatic N) is 1. The number of benzene rings is 1. The molecule has 3 heterocycles. The molecular weight excluding hydrogens is 426 g/mol. The highest BCUT2D eigenvalue weighted by Gasteiger charge is 2.65. The topological polar surface area (TPSA) is 62.3 Å². The molecule has 1 spiro atoms. The van der Waals surface area contributed by atoms with Gasteiger partial charge in [0.25, 0.3) is 0 Å². The number of piperidine rings is 1. The van der Waals surface area contributed by atoms with Gasteiger partial charge in [0.05, 0.1) is 23.7 Å². The third kappa shape index (κ3) is 3.43. The molecule has 1 N–H and O–H groups in total. The molecule has 0 unspecified atom stereocenters. The minimum Gasteiger partial charge on any atom is -0.462 e. The number of rotatable bonds is 3. The minimum absolute atomic E-state index is 0.00783. The third-order valence-corrected chi connectivity index (χ3v) is 9.85. The number of carbonyl (C=O) groups is 1. The summed E-state index contributed by atoms with van der Waals surface area (Å²) in [4.78, 5) is 15.3. The van der Waals surface area contributed by atoms with Crippen LogP contribution in [0.2, 0.25) is 5.02 Å². The Bertz CT molecular complexity index is 892. The number of aliphatic hydroxyl groups is 1. The van der Waals surface area contributed by atoms with Crippen molar-refractivity contribution < 1.29 is 19.4 Å². The third-order valence-electron chi connectivity index (χ3n) is 9.60. The number of halogens is 1. The highest BCUT2D eigenvalue weighted by molar-refractivity contribution is 6.30. The molecule has 5 fully saturated rings. The van der Waals surface area contributed by atoms with Crippen molar-refractivity contribution in [2.24, 2.45) is 23.2 Å². The smallest absolute Gasteiger partial charge is 0.310 e. The number of carbonyl (C=O) groups excluding carboxylic acids is 1. The first-order valence-corrected chi connectivity index (χ1v) is 12.7. The predicted octanol–water partition coefficient (Wildman–Crippen LogP) is 4.15. The molecule has 0 radical (unpaired) electrons. The van der Waals surface area contributed by atoms with E-state index in [0.29, 0.717) is 29.7 Å². The number of fused-ring (bicyclic) bond motifs is 3. The fraction of sp³-hybridized carbons (Fsp3) is 0.731. The second-order valence-corrected chi connectivity index (χ2v) is 11.9. The van der Waals surface area contributed by atoms with Crippen molar-refractivity contribution in [2.75, 3.05) is 26.2 Å². The molecule has 174 valence electrons. The van der Waals surface area contributed by atoms with Crippen molar-refractivity contribution in [3.05, 3.63) is 34.9 Å². The molecule has 1 aromatic rings. The maximum atomic E-state index is 12.9. The zero-order valence-corrected chi connectivity index (χ0v) is 19.7. The molecule has 5 aliphatic rings. The molecule has 6 atom stereocenters. The molecule has 3 aliphatic heterocycles. The first-order valence-electron chi connectivity index (χ1n) is 12.4. The molecule has 1 aromatic carbocycles. The Balaban J connectivity index is 1.13. The quantitative estimate of drug-likeness (QED) is 0.543. The Morgan fingerprint density at radius 3 is 2.56 bits per heavy atom. The Kier molecular flexibility index (Phi) is 4.97. The molecule has 3 saturated heterocycles. The molecule has 0 bridgehead atoms. The van der Waals surface area contributed by atoms with Crippen molar-refractivity contribution >= 4 is 17.6 Å². The van der Waals surface area contributed by atoms with Gasteiger partial charge in [0.1, 0.15) is 6.10 Å². The summed E-state index contributed by atoms with van der Waals surface area (Å²) in [7, 11) is 0. The van der Waals surface area contributed by atoms with Crippen LogP contribution in [0.15, 0.2) is 24.3 Å². The van der Waals surface area contributed by atoms with Crippen LogP contribution < -0.4 is 0 Å². The zero-order valence-electron chi connectivity index (χ0n) is 18.9. The highest BCUT2D eigenvalue weighted by atomic mass is 35.5. The molecular formula is C26H34ClNO4. The average Bonchev–Trinajstić information content (AvgIpc) is 3.47. The SMILES string of the molecule is C[C@]12CCC[C@]3(CO3)[C@@H]1C[C@@H]1[C@H](CN3CCC(O)(c4ccc(Cl)cc4)CC3)C(=O)O[C@@H]1C2. The second-order valence-electron chi connectivity index (χ2n) is 11.4. The summed E-state index contributed by atoms with van der Waals surface area (Å²) in [6, 6.07) is 7.54. The Hall–Kier alpha value is -1.14. The van der Waals surface area contributed by atoms with E-state index in [-0.39, 0.29) is 29.0 Å². The summed E-state index contributed by atoms with van der Waals surface area (Å²) in [5, 5.41) is 11.9. The number of hydrogen-bond acceptors (Lipinski definition) is 5. The normalized spacial score (nSPS) is 42.9. The van der Waals surface area contributed by atoms with Gasteiger partial charge in [-0.3, -0.25) is 4.79 Å². The van der Waals surface area contributed by atoms with E-state index in [9.17, 15) is 9.90 Å². The maximum Gasteiger partial charge on any atom is 0.310 e. The monoisotopic (exact) mass is 459 g/mol. The van der Waals surface area contributed by atoms with Gasteiger partial charge in [0.15, 0.2) is 0 Å². The Labute approximate surface area is 195 Å². The number of esters is 1. The van der Waals surface area contributed by atoms with Gasteiger partial charge in [-0.05, 0) is 74.0 Å². The predicted molar refractivity (Wildman–Crippen MR) is 121 cm³/mol. The van der Waals surface area contributed by atoms with Gasteiger partial charge in [-0.1, -0.05) is 30.7 Å². The average molecular weight is 460 g/mol. The van der Waals surface area contributed by atoms with E-state index < -0.39 is 5.60 Å². The van der Waals surface area contributed by atoms with Gasteiger partial charge in [-0.2, -0.15) is 0 Å². The van der Waals surface area contributed by atoms with Gasteiger partial charge in [-0.15, -0.1) is 0 Å². The Morgan fingerprint density at radius 1 is 1.16 bits per heavy atom. The van der Waals surface area contributed by atoms with E-state index in [2.05, 4.69) is 11.8 Å². The van der Waals surface area contributed by atoms with E-state index in [1.54, 1.807) is 0 Å². The van der Waals surface area contributed by atoms with Crippen LogP contribution in [0.4, 0.5) is 0 Å². The van der Waals surface area contributed by atoms with Crippen LogP contribution in [-0.2, 0) is 19.9 Å². The van der Waals surface area contributed by atoms with Crippen LogP contribution in [0.1, 0.15) is 57.4 Å². The number of hydrogen-bond donors (Lipinski definition) is 1. The van der Waals surface area contributed by atoms with E-state index >= 15 is 0 Å². The van der Waals surface area contributed by atoms with Gasteiger partial charge in [0.2, 0.25) is 0 Å². The van der Waals surface area contributed by atoms with Crippen LogP contribution >= 0.6 is 11.6 Å². The fourth-order valence-corrected chi connectivity index (χ4v) is 7.72. The van der Waals surface area contributed by atoms with Crippen molar-refractivity contribution in [1.29, 1.82) is 0 Å². The molecule has 6 rings (SSSR count). The summed E-state index contributed by atoms with van der Waals surface area (Å²) in [6.07, 6.45) is 7.09. The molecule has 0 aromatic heterocycles. The van der Waals surface area contributed by atoms with E-state index in [1.807, 2.05) is 24.3 Å². The van der Waals surface area contributed by atoms with Crippen LogP contribution in [0.3, 0.4) is 0 Å². The largest absolute Gasteiger partial charge is 0.462 e. The lowest BCUT2D eigenvalue weighted by atomic mass is 9.53. The van der Waals surface area contributed by atoms with Gasteiger partial charge in [0, 0.05) is 30.6 Å². The lowest BCUT2D eigenvalue weighted by Crippen LogP contribution is -2.51. The highest BCUT2D eigenvalue weighted by Crippen LogP contribution is 2.62. The van der Waals surface area contributed by atoms with Crippen molar-refractivity contribution in [3.8, 4) is 0 Å². The maximum absolute atomic E-state index is 12.9. The van der Waals surface area contributed by atoms with Crippen molar-refractivity contribution in [1.82, 2.24) is 4.90 Å². The van der Waals surface area contributed by atoms with Gasteiger partial charge < -0.3 is 19.5 Å². The van der Waals surface area contributed by atoms with E-state index in [1.165, 1.54) is 19.3 Å². The first kappa shape index (κ1) is 21.4.